The minimum Gasteiger partial charge on any atom is -0.349 e. The molecule has 1 aromatic carbocycles. The largest absolute Gasteiger partial charge is 0.349 e. The molecule has 1 aliphatic rings. The topological polar surface area (TPSA) is 76.0 Å². The normalized spacial score (nSPS) is 14.9. The molecule has 2 N–H and O–H groups in total. The monoisotopic (exact) mass is 340 g/mol. The third kappa shape index (κ3) is 5.17. The standard InChI is InChI=1S/C19H24N4O2/c24-18(9-11-23-12-10-20-14-23)21-17-8-4-5-15(13-17)19(25)22-16-6-2-1-3-7-16/h4-5,8,10,12-14,16H,1-3,6-7,9,11H2,(H,21,24)(H,22,25). The van der Waals surface area contributed by atoms with Crippen molar-refractivity contribution in [3.8, 4) is 0 Å². The van der Waals surface area contributed by atoms with Crippen molar-refractivity contribution in [1.82, 2.24) is 14.9 Å². The van der Waals surface area contributed by atoms with Gasteiger partial charge in [0.25, 0.3) is 5.91 Å². The number of carbonyl (C=O) groups is 2. The van der Waals surface area contributed by atoms with Crippen LogP contribution >= 0.6 is 0 Å². The van der Waals surface area contributed by atoms with Gasteiger partial charge in [-0.2, -0.15) is 0 Å². The number of carbonyl (C=O) groups excluding carboxylic acids is 2. The van der Waals surface area contributed by atoms with E-state index in [0.717, 1.165) is 12.8 Å². The first-order chi connectivity index (χ1) is 12.2. The number of hydrogen-bond acceptors (Lipinski definition) is 3. The second kappa shape index (κ2) is 8.46. The lowest BCUT2D eigenvalue weighted by Gasteiger charge is -2.22. The molecule has 6 heteroatoms. The second-order valence-corrected chi connectivity index (χ2v) is 6.49. The van der Waals surface area contributed by atoms with Gasteiger partial charge >= 0.3 is 0 Å². The average Bonchev–Trinajstić information content (AvgIpc) is 3.15. The Hall–Kier alpha value is -2.63. The highest BCUT2D eigenvalue weighted by molar-refractivity contribution is 5.97. The van der Waals surface area contributed by atoms with E-state index in [0.29, 0.717) is 24.2 Å². The highest BCUT2D eigenvalue weighted by atomic mass is 16.2. The molecule has 0 saturated heterocycles. The molecule has 6 nitrogen and oxygen atoms in total. The Labute approximate surface area is 147 Å². The van der Waals surface area contributed by atoms with Gasteiger partial charge in [-0.15, -0.1) is 0 Å². The Bertz CT molecular complexity index is 706. The lowest BCUT2D eigenvalue weighted by molar-refractivity contribution is -0.116. The Balaban J connectivity index is 1.53. The van der Waals surface area contributed by atoms with E-state index in [1.54, 1.807) is 36.8 Å². The Morgan fingerprint density at radius 1 is 1.20 bits per heavy atom. The van der Waals surface area contributed by atoms with Crippen LogP contribution in [0.2, 0.25) is 0 Å². The zero-order valence-corrected chi connectivity index (χ0v) is 14.3. The van der Waals surface area contributed by atoms with E-state index in [-0.39, 0.29) is 17.9 Å². The zero-order valence-electron chi connectivity index (χ0n) is 14.3. The molecule has 0 radical (unpaired) electrons. The van der Waals surface area contributed by atoms with Gasteiger partial charge in [-0.05, 0) is 31.0 Å². The fourth-order valence-corrected chi connectivity index (χ4v) is 3.13. The van der Waals surface area contributed by atoms with Crippen LogP contribution in [0.4, 0.5) is 5.69 Å². The number of aromatic nitrogens is 2. The van der Waals surface area contributed by atoms with Gasteiger partial charge in [0.2, 0.25) is 5.91 Å². The summed E-state index contributed by atoms with van der Waals surface area (Å²) in [5, 5.41) is 5.95. The molecule has 0 unspecified atom stereocenters. The molecule has 2 amide bonds. The number of nitrogens with one attached hydrogen (secondary N) is 2. The molecule has 0 aliphatic heterocycles. The smallest absolute Gasteiger partial charge is 0.251 e. The van der Waals surface area contributed by atoms with Crippen LogP contribution in [0, 0.1) is 0 Å². The molecular formula is C19H24N4O2. The minimum absolute atomic E-state index is 0.0681. The summed E-state index contributed by atoms with van der Waals surface area (Å²) in [7, 11) is 0. The number of nitrogens with zero attached hydrogens (tertiary/aromatic N) is 2. The summed E-state index contributed by atoms with van der Waals surface area (Å²) in [5.74, 6) is -0.153. The van der Waals surface area contributed by atoms with E-state index in [9.17, 15) is 9.59 Å². The molecule has 0 bridgehead atoms. The highest BCUT2D eigenvalue weighted by Crippen LogP contribution is 2.18. The summed E-state index contributed by atoms with van der Waals surface area (Å²) >= 11 is 0. The minimum atomic E-state index is -0.0847. The van der Waals surface area contributed by atoms with Gasteiger partial charge < -0.3 is 15.2 Å². The molecule has 1 saturated carbocycles. The lowest BCUT2D eigenvalue weighted by Crippen LogP contribution is -2.36. The third-order valence-corrected chi connectivity index (χ3v) is 4.51. The third-order valence-electron chi connectivity index (χ3n) is 4.51. The van der Waals surface area contributed by atoms with Gasteiger partial charge in [0.05, 0.1) is 6.33 Å². The first-order valence-electron chi connectivity index (χ1n) is 8.87. The van der Waals surface area contributed by atoms with Crippen LogP contribution in [0.1, 0.15) is 48.9 Å². The molecule has 1 heterocycles. The average molecular weight is 340 g/mol. The molecule has 1 aliphatic carbocycles. The molecule has 0 spiro atoms. The van der Waals surface area contributed by atoms with E-state index < -0.39 is 0 Å². The number of imidazole rings is 1. The molecule has 132 valence electrons. The first kappa shape index (κ1) is 17.2. The summed E-state index contributed by atoms with van der Waals surface area (Å²) in [5.41, 5.74) is 1.23. The highest BCUT2D eigenvalue weighted by Gasteiger charge is 2.16. The van der Waals surface area contributed by atoms with Crippen molar-refractivity contribution in [2.75, 3.05) is 5.32 Å². The van der Waals surface area contributed by atoms with Crippen LogP contribution in [0.5, 0.6) is 0 Å². The number of anilines is 1. The number of rotatable bonds is 6. The number of hydrogen-bond donors (Lipinski definition) is 2. The summed E-state index contributed by atoms with van der Waals surface area (Å²) in [6.45, 7) is 0.577. The SMILES string of the molecule is O=C(CCn1ccnc1)Nc1cccc(C(=O)NC2CCCCC2)c1. The van der Waals surface area contributed by atoms with E-state index >= 15 is 0 Å². The van der Waals surface area contributed by atoms with E-state index in [4.69, 9.17) is 0 Å². The number of aryl methyl sites for hydroxylation is 1. The van der Waals surface area contributed by atoms with E-state index in [2.05, 4.69) is 15.6 Å². The zero-order chi connectivity index (χ0) is 17.5. The van der Waals surface area contributed by atoms with Crippen molar-refractivity contribution in [2.45, 2.75) is 51.1 Å². The predicted octanol–water partition coefficient (Wildman–Crippen LogP) is 2.97. The van der Waals surface area contributed by atoms with Crippen LogP contribution in [0.15, 0.2) is 43.0 Å². The summed E-state index contributed by atoms with van der Waals surface area (Å²) < 4.78 is 1.85. The predicted molar refractivity (Wildman–Crippen MR) is 96.3 cm³/mol. The van der Waals surface area contributed by atoms with Crippen molar-refractivity contribution in [2.24, 2.45) is 0 Å². The van der Waals surface area contributed by atoms with Crippen molar-refractivity contribution in [1.29, 1.82) is 0 Å². The summed E-state index contributed by atoms with van der Waals surface area (Å²) in [6.07, 6.45) is 11.3. The fraction of sp³-hybridized carbons (Fsp3) is 0.421. The van der Waals surface area contributed by atoms with Gasteiger partial charge in [-0.1, -0.05) is 25.3 Å². The Kier molecular flexibility index (Phi) is 5.82. The van der Waals surface area contributed by atoms with E-state index in [1.807, 2.05) is 10.8 Å². The van der Waals surface area contributed by atoms with Gasteiger partial charge in [0.1, 0.15) is 0 Å². The van der Waals surface area contributed by atoms with Crippen LogP contribution in [0.3, 0.4) is 0 Å². The van der Waals surface area contributed by atoms with Crippen LogP contribution in [0.25, 0.3) is 0 Å². The van der Waals surface area contributed by atoms with Gasteiger partial charge in [-0.25, -0.2) is 4.98 Å². The maximum Gasteiger partial charge on any atom is 0.251 e. The molecule has 2 aromatic rings. The van der Waals surface area contributed by atoms with Crippen molar-refractivity contribution >= 4 is 17.5 Å². The molecule has 25 heavy (non-hydrogen) atoms. The number of benzene rings is 1. The molecule has 1 aromatic heterocycles. The van der Waals surface area contributed by atoms with Crippen molar-refractivity contribution in [3.05, 3.63) is 48.5 Å². The second-order valence-electron chi connectivity index (χ2n) is 6.49. The van der Waals surface area contributed by atoms with Crippen LogP contribution < -0.4 is 10.6 Å². The fourth-order valence-electron chi connectivity index (χ4n) is 3.13. The quantitative estimate of drug-likeness (QED) is 0.849. The molecule has 3 rings (SSSR count). The first-order valence-corrected chi connectivity index (χ1v) is 8.87. The maximum absolute atomic E-state index is 12.4. The van der Waals surface area contributed by atoms with Gasteiger partial charge in [0, 0.05) is 42.7 Å². The van der Waals surface area contributed by atoms with Gasteiger partial charge in [0.15, 0.2) is 0 Å². The van der Waals surface area contributed by atoms with Crippen molar-refractivity contribution < 1.29 is 9.59 Å². The Morgan fingerprint density at radius 2 is 2.04 bits per heavy atom. The molecular weight excluding hydrogens is 316 g/mol. The molecule has 1 fully saturated rings. The maximum atomic E-state index is 12.4. The number of amides is 2. The lowest BCUT2D eigenvalue weighted by atomic mass is 9.95. The Morgan fingerprint density at radius 3 is 2.80 bits per heavy atom. The van der Waals surface area contributed by atoms with E-state index in [1.165, 1.54) is 19.3 Å². The molecule has 0 atom stereocenters. The van der Waals surface area contributed by atoms with Crippen molar-refractivity contribution in [3.63, 3.8) is 0 Å². The summed E-state index contributed by atoms with van der Waals surface area (Å²) in [6, 6.07) is 7.37. The van der Waals surface area contributed by atoms with Gasteiger partial charge in [-0.3, -0.25) is 9.59 Å². The van der Waals surface area contributed by atoms with Crippen LogP contribution in [-0.2, 0) is 11.3 Å². The summed E-state index contributed by atoms with van der Waals surface area (Å²) in [4.78, 5) is 28.4. The van der Waals surface area contributed by atoms with Crippen LogP contribution in [-0.4, -0.2) is 27.4 Å².